The molecule has 0 spiro atoms. The van der Waals surface area contributed by atoms with Gasteiger partial charge in [0.2, 0.25) is 11.8 Å². The predicted octanol–water partition coefficient (Wildman–Crippen LogP) is 1.61. The van der Waals surface area contributed by atoms with E-state index in [-0.39, 0.29) is 29.8 Å². The summed E-state index contributed by atoms with van der Waals surface area (Å²) in [5.41, 5.74) is 4.18. The highest BCUT2D eigenvalue weighted by Crippen LogP contribution is 2.37. The molecular weight excluding hydrogens is 344 g/mol. The summed E-state index contributed by atoms with van der Waals surface area (Å²) in [6.07, 6.45) is 3.37. The average molecular weight is 372 g/mol. The van der Waals surface area contributed by atoms with Gasteiger partial charge in [0.05, 0.1) is 7.11 Å². The average Bonchev–Trinajstić information content (AvgIpc) is 3.19. The topological polar surface area (TPSA) is 73.9 Å². The number of hydrogen-bond donors (Lipinski definition) is 2. The summed E-state index contributed by atoms with van der Waals surface area (Å²) in [4.78, 5) is 27.7. The lowest BCUT2D eigenvalue weighted by atomic mass is 9.78. The highest BCUT2D eigenvalue weighted by atomic mass is 16.5. The minimum atomic E-state index is -0.0747. The van der Waals surface area contributed by atoms with Crippen LogP contribution in [0.4, 0.5) is 5.69 Å². The Balaban J connectivity index is 1.45. The highest BCUT2D eigenvalue weighted by molar-refractivity contribution is 5.93. The Morgan fingerprint density at radius 3 is 2.70 bits per heavy atom. The molecule has 1 aromatic carbocycles. The first-order valence-electron chi connectivity index (χ1n) is 9.89. The molecule has 4 atom stereocenters. The van der Waals surface area contributed by atoms with Crippen molar-refractivity contribution in [3.8, 4) is 5.75 Å². The molecule has 1 aliphatic carbocycles. The van der Waals surface area contributed by atoms with E-state index in [4.69, 9.17) is 4.74 Å². The molecule has 146 valence electrons. The Kier molecular flexibility index (Phi) is 5.06. The Labute approximate surface area is 160 Å². The molecule has 2 saturated heterocycles. The smallest absolute Gasteiger partial charge is 0.241 e. The molecule has 3 aliphatic rings. The zero-order valence-corrected chi connectivity index (χ0v) is 16.0. The van der Waals surface area contributed by atoms with E-state index in [1.54, 1.807) is 7.11 Å². The van der Waals surface area contributed by atoms with Crippen molar-refractivity contribution in [1.29, 1.82) is 0 Å². The van der Waals surface area contributed by atoms with Crippen LogP contribution in [0, 0.1) is 5.92 Å². The maximum atomic E-state index is 12.9. The maximum Gasteiger partial charge on any atom is 0.241 e. The quantitative estimate of drug-likeness (QED) is 0.840. The number of piperazine rings is 1. The summed E-state index contributed by atoms with van der Waals surface area (Å²) in [7, 11) is 1.62. The lowest BCUT2D eigenvalue weighted by molar-refractivity contribution is -0.155. The van der Waals surface area contributed by atoms with Gasteiger partial charge in [0, 0.05) is 36.8 Å². The van der Waals surface area contributed by atoms with E-state index in [0.29, 0.717) is 12.6 Å². The van der Waals surface area contributed by atoms with E-state index < -0.39 is 0 Å². The van der Waals surface area contributed by atoms with Gasteiger partial charge < -0.3 is 15.0 Å². The third-order valence-electron chi connectivity index (χ3n) is 6.22. The number of fused-ring (bicyclic) bond motifs is 3. The van der Waals surface area contributed by atoms with Crippen molar-refractivity contribution in [3.05, 3.63) is 24.3 Å². The van der Waals surface area contributed by atoms with Crippen molar-refractivity contribution in [2.24, 2.45) is 5.92 Å². The first-order valence-corrected chi connectivity index (χ1v) is 9.89. The van der Waals surface area contributed by atoms with Gasteiger partial charge in [-0.2, -0.15) is 0 Å². The summed E-state index contributed by atoms with van der Waals surface area (Å²) in [6, 6.07) is 7.75. The fourth-order valence-corrected chi connectivity index (χ4v) is 4.86. The monoisotopic (exact) mass is 372 g/mol. The van der Waals surface area contributed by atoms with Crippen LogP contribution < -0.4 is 15.5 Å². The van der Waals surface area contributed by atoms with E-state index >= 15 is 0 Å². The normalized spacial score (nSPS) is 30.6. The molecule has 7 heteroatoms. The molecule has 7 nitrogen and oxygen atoms in total. The van der Waals surface area contributed by atoms with Crippen LogP contribution in [0.15, 0.2) is 24.3 Å². The predicted molar refractivity (Wildman–Crippen MR) is 102 cm³/mol. The van der Waals surface area contributed by atoms with E-state index in [9.17, 15) is 9.59 Å². The van der Waals surface area contributed by atoms with Crippen molar-refractivity contribution in [2.75, 3.05) is 25.5 Å². The number of rotatable bonds is 4. The van der Waals surface area contributed by atoms with Crippen LogP contribution in [0.1, 0.15) is 32.6 Å². The van der Waals surface area contributed by atoms with Crippen molar-refractivity contribution in [1.82, 2.24) is 15.3 Å². The molecule has 2 aliphatic heterocycles. The number of nitrogens with one attached hydrogen (secondary N) is 2. The SMILES string of the molecule is CCN1C(=O)C2CCNN2C2CCC(C(=O)Nc3ccc(OC)cc3)CC21. The second-order valence-electron chi connectivity index (χ2n) is 7.61. The molecule has 1 saturated carbocycles. The molecule has 2 amide bonds. The Morgan fingerprint density at radius 2 is 2.00 bits per heavy atom. The maximum absolute atomic E-state index is 12.9. The van der Waals surface area contributed by atoms with Gasteiger partial charge in [0.1, 0.15) is 11.8 Å². The third kappa shape index (κ3) is 3.30. The number of methoxy groups -OCH3 is 1. The van der Waals surface area contributed by atoms with Gasteiger partial charge >= 0.3 is 0 Å². The third-order valence-corrected chi connectivity index (χ3v) is 6.22. The largest absolute Gasteiger partial charge is 0.497 e. The second-order valence-corrected chi connectivity index (χ2v) is 7.61. The lowest BCUT2D eigenvalue weighted by Gasteiger charge is -2.51. The number of nitrogens with zero attached hydrogens (tertiary/aromatic N) is 2. The number of anilines is 1. The van der Waals surface area contributed by atoms with Crippen LogP contribution in [-0.4, -0.2) is 60.0 Å². The molecule has 0 radical (unpaired) electrons. The number of benzene rings is 1. The van der Waals surface area contributed by atoms with Crippen molar-refractivity contribution < 1.29 is 14.3 Å². The Hall–Kier alpha value is -2.12. The summed E-state index contributed by atoms with van der Waals surface area (Å²) in [6.45, 7) is 3.60. The zero-order chi connectivity index (χ0) is 19.0. The van der Waals surface area contributed by atoms with Gasteiger partial charge in [-0.1, -0.05) is 0 Å². The van der Waals surface area contributed by atoms with Crippen LogP contribution in [0.25, 0.3) is 0 Å². The Morgan fingerprint density at radius 1 is 1.22 bits per heavy atom. The Bertz CT molecular complexity index is 708. The first kappa shape index (κ1) is 18.3. The van der Waals surface area contributed by atoms with Crippen molar-refractivity contribution >= 4 is 17.5 Å². The van der Waals surface area contributed by atoms with Crippen LogP contribution in [0.3, 0.4) is 0 Å². The van der Waals surface area contributed by atoms with Gasteiger partial charge in [-0.15, -0.1) is 0 Å². The van der Waals surface area contributed by atoms with Crippen LogP contribution in [-0.2, 0) is 9.59 Å². The van der Waals surface area contributed by atoms with Gasteiger partial charge in [0.15, 0.2) is 0 Å². The molecule has 2 heterocycles. The molecule has 4 rings (SSSR count). The minimum absolute atomic E-state index is 0.0316. The van der Waals surface area contributed by atoms with Gasteiger partial charge in [-0.05, 0) is 56.9 Å². The summed E-state index contributed by atoms with van der Waals surface area (Å²) in [5, 5.41) is 5.20. The van der Waals surface area contributed by atoms with Crippen LogP contribution in [0.5, 0.6) is 5.75 Å². The van der Waals surface area contributed by atoms with Crippen molar-refractivity contribution in [2.45, 2.75) is 50.7 Å². The minimum Gasteiger partial charge on any atom is -0.497 e. The van der Waals surface area contributed by atoms with Gasteiger partial charge in [0.25, 0.3) is 0 Å². The fourth-order valence-electron chi connectivity index (χ4n) is 4.86. The van der Waals surface area contributed by atoms with Gasteiger partial charge in [-0.3, -0.25) is 15.0 Å². The molecule has 27 heavy (non-hydrogen) atoms. The van der Waals surface area contributed by atoms with Crippen LogP contribution >= 0.6 is 0 Å². The molecule has 2 N–H and O–H groups in total. The molecular formula is C20H28N4O3. The summed E-state index contributed by atoms with van der Waals surface area (Å²) >= 11 is 0. The van der Waals surface area contributed by atoms with E-state index in [0.717, 1.165) is 43.7 Å². The second kappa shape index (κ2) is 7.48. The van der Waals surface area contributed by atoms with Crippen molar-refractivity contribution in [3.63, 3.8) is 0 Å². The number of carbonyl (C=O) groups excluding carboxylic acids is 2. The number of hydrazine groups is 1. The number of hydrogen-bond acceptors (Lipinski definition) is 5. The highest BCUT2D eigenvalue weighted by Gasteiger charge is 2.50. The van der Waals surface area contributed by atoms with Crippen LogP contribution in [0.2, 0.25) is 0 Å². The summed E-state index contributed by atoms with van der Waals surface area (Å²) < 4.78 is 5.16. The zero-order valence-electron chi connectivity index (χ0n) is 16.0. The fraction of sp³-hybridized carbons (Fsp3) is 0.600. The number of carbonyl (C=O) groups is 2. The van der Waals surface area contributed by atoms with E-state index in [2.05, 4.69) is 15.8 Å². The lowest BCUT2D eigenvalue weighted by Crippen LogP contribution is -2.68. The number of ether oxygens (including phenoxy) is 1. The molecule has 0 aromatic heterocycles. The standard InChI is InChI=1S/C20H28N4O3/c1-3-23-18-12-13(19(25)22-14-5-7-15(27-2)8-6-14)4-9-16(18)24-17(20(23)26)10-11-21-24/h5-8,13,16-18,21H,3-4,9-12H2,1-2H3,(H,22,25). The first-order chi connectivity index (χ1) is 13.1. The summed E-state index contributed by atoms with van der Waals surface area (Å²) in [5.74, 6) is 0.938. The molecule has 3 fully saturated rings. The molecule has 4 unspecified atom stereocenters. The van der Waals surface area contributed by atoms with Gasteiger partial charge in [-0.25, -0.2) is 5.01 Å². The number of likely N-dealkylation sites (N-methyl/N-ethyl adjacent to an activating group) is 1. The molecule has 1 aromatic rings. The van der Waals surface area contributed by atoms with E-state index in [1.165, 1.54) is 0 Å². The van der Waals surface area contributed by atoms with E-state index in [1.807, 2.05) is 36.1 Å². The molecule has 0 bridgehead atoms. The number of amides is 2.